The van der Waals surface area contributed by atoms with Gasteiger partial charge in [-0.25, -0.2) is 8.42 Å². The van der Waals surface area contributed by atoms with Gasteiger partial charge in [-0.1, -0.05) is 35.7 Å². The molecule has 0 N–H and O–H groups in total. The van der Waals surface area contributed by atoms with E-state index in [-0.39, 0.29) is 22.7 Å². The minimum atomic E-state index is -3.83. The fourth-order valence-electron chi connectivity index (χ4n) is 2.03. The number of anilines is 1. The van der Waals surface area contributed by atoms with Crippen molar-refractivity contribution in [3.8, 4) is 12.3 Å². The normalized spacial score (nSPS) is 10.7. The largest absolute Gasteiger partial charge is 0.298 e. The van der Waals surface area contributed by atoms with Crippen LogP contribution in [0.5, 0.6) is 0 Å². The van der Waals surface area contributed by atoms with Gasteiger partial charge in [0.05, 0.1) is 17.1 Å². The third kappa shape index (κ3) is 3.02. The van der Waals surface area contributed by atoms with Crippen LogP contribution in [0.15, 0.2) is 53.4 Å². The lowest BCUT2D eigenvalue weighted by molar-refractivity contribution is 0.112. The van der Waals surface area contributed by atoms with Crippen LogP contribution in [-0.2, 0) is 10.0 Å². The Morgan fingerprint density at radius 2 is 1.77 bits per heavy atom. The first-order valence-electron chi connectivity index (χ1n) is 6.58. The first kappa shape index (κ1) is 15.8. The van der Waals surface area contributed by atoms with E-state index in [1.807, 2.05) is 6.92 Å². The molecule has 0 saturated heterocycles. The second kappa shape index (κ2) is 6.46. The van der Waals surface area contributed by atoms with E-state index in [1.165, 1.54) is 12.1 Å². The number of sulfonamides is 1. The molecule has 0 aliphatic carbocycles. The number of nitrogens with zero attached hydrogens (tertiary/aromatic N) is 1. The van der Waals surface area contributed by atoms with E-state index in [1.54, 1.807) is 36.4 Å². The molecule has 0 bridgehead atoms. The predicted octanol–water partition coefficient (Wildman–Crippen LogP) is 2.64. The van der Waals surface area contributed by atoms with Crippen molar-refractivity contribution in [3.63, 3.8) is 0 Å². The van der Waals surface area contributed by atoms with Crippen LogP contribution in [0.2, 0.25) is 0 Å². The minimum Gasteiger partial charge on any atom is -0.298 e. The van der Waals surface area contributed by atoms with Crippen LogP contribution in [0.25, 0.3) is 0 Å². The number of aldehydes is 1. The Kier molecular flexibility index (Phi) is 4.64. The van der Waals surface area contributed by atoms with Crippen molar-refractivity contribution in [2.24, 2.45) is 0 Å². The summed E-state index contributed by atoms with van der Waals surface area (Å²) in [4.78, 5) is 11.3. The summed E-state index contributed by atoms with van der Waals surface area (Å²) in [6, 6.07) is 12.9. The zero-order valence-electron chi connectivity index (χ0n) is 12.1. The summed E-state index contributed by atoms with van der Waals surface area (Å²) in [6.45, 7) is 1.72. The van der Waals surface area contributed by atoms with E-state index in [4.69, 9.17) is 6.42 Å². The van der Waals surface area contributed by atoms with Crippen LogP contribution < -0.4 is 4.31 Å². The molecule has 0 fully saturated rings. The lowest BCUT2D eigenvalue weighted by Crippen LogP contribution is -2.32. The van der Waals surface area contributed by atoms with E-state index in [2.05, 4.69) is 5.92 Å². The highest BCUT2D eigenvalue weighted by atomic mass is 32.2. The maximum Gasteiger partial charge on any atom is 0.265 e. The quantitative estimate of drug-likeness (QED) is 0.630. The molecule has 4 nitrogen and oxygen atoms in total. The average molecular weight is 313 g/mol. The first-order valence-corrected chi connectivity index (χ1v) is 8.02. The fraction of sp³-hybridized carbons (Fsp3) is 0.118. The molecule has 0 amide bonds. The van der Waals surface area contributed by atoms with Gasteiger partial charge in [0.2, 0.25) is 0 Å². The van der Waals surface area contributed by atoms with E-state index in [0.29, 0.717) is 6.29 Å². The van der Waals surface area contributed by atoms with Crippen molar-refractivity contribution in [1.82, 2.24) is 0 Å². The molecular formula is C17H15NO3S. The summed E-state index contributed by atoms with van der Waals surface area (Å²) >= 11 is 0. The summed E-state index contributed by atoms with van der Waals surface area (Å²) < 4.78 is 26.7. The highest BCUT2D eigenvalue weighted by molar-refractivity contribution is 7.92. The molecule has 2 aromatic rings. The molecule has 0 atom stereocenters. The molecular weight excluding hydrogens is 298 g/mol. The van der Waals surface area contributed by atoms with Crippen molar-refractivity contribution in [2.45, 2.75) is 11.8 Å². The Morgan fingerprint density at radius 3 is 2.36 bits per heavy atom. The molecule has 5 heteroatoms. The summed E-state index contributed by atoms with van der Waals surface area (Å²) in [5.41, 5.74) is 1.50. The predicted molar refractivity (Wildman–Crippen MR) is 86.4 cm³/mol. The Labute approximate surface area is 130 Å². The van der Waals surface area contributed by atoms with Crippen molar-refractivity contribution >= 4 is 22.0 Å². The molecule has 2 aromatic carbocycles. The van der Waals surface area contributed by atoms with Crippen LogP contribution in [0.1, 0.15) is 15.9 Å². The zero-order chi connectivity index (χ0) is 16.2. The number of terminal acetylenes is 1. The summed E-state index contributed by atoms with van der Waals surface area (Å²) in [5.74, 6) is 2.34. The lowest BCUT2D eigenvalue weighted by atomic mass is 10.2. The van der Waals surface area contributed by atoms with Gasteiger partial charge in [-0.15, -0.1) is 6.42 Å². The number of benzene rings is 2. The molecule has 112 valence electrons. The highest BCUT2D eigenvalue weighted by Gasteiger charge is 2.25. The number of hydrogen-bond acceptors (Lipinski definition) is 3. The first-order chi connectivity index (χ1) is 10.5. The zero-order valence-corrected chi connectivity index (χ0v) is 12.9. The van der Waals surface area contributed by atoms with Gasteiger partial charge < -0.3 is 0 Å². The number of carbonyl (C=O) groups excluding carboxylic acids is 1. The third-order valence-corrected chi connectivity index (χ3v) is 4.95. The second-order valence-electron chi connectivity index (χ2n) is 4.71. The number of hydrogen-bond donors (Lipinski definition) is 0. The molecule has 22 heavy (non-hydrogen) atoms. The lowest BCUT2D eigenvalue weighted by Gasteiger charge is -2.23. The van der Waals surface area contributed by atoms with Crippen molar-refractivity contribution < 1.29 is 13.2 Å². The average Bonchev–Trinajstić information content (AvgIpc) is 2.53. The molecule has 0 aliphatic heterocycles. The van der Waals surface area contributed by atoms with Gasteiger partial charge in [-0.3, -0.25) is 9.10 Å². The van der Waals surface area contributed by atoms with E-state index < -0.39 is 10.0 Å². The van der Waals surface area contributed by atoms with Crippen LogP contribution in [0.3, 0.4) is 0 Å². The second-order valence-corrected chi connectivity index (χ2v) is 6.57. The van der Waals surface area contributed by atoms with Crippen LogP contribution >= 0.6 is 0 Å². The molecule has 0 radical (unpaired) electrons. The standard InChI is InChI=1S/C17H15NO3S/c1-3-12-18(17-7-5-4-6-15(17)13-19)22(20,21)16-10-8-14(2)9-11-16/h1,4-11,13H,12H2,2H3. The topological polar surface area (TPSA) is 54.5 Å². The molecule has 0 unspecified atom stereocenters. The molecule has 0 aromatic heterocycles. The number of para-hydroxylation sites is 1. The number of rotatable bonds is 5. The minimum absolute atomic E-state index is 0.133. The molecule has 0 heterocycles. The Balaban J connectivity index is 2.58. The Morgan fingerprint density at radius 1 is 1.14 bits per heavy atom. The Hall–Kier alpha value is -2.58. The Bertz CT molecular complexity index is 818. The fourth-order valence-corrected chi connectivity index (χ4v) is 3.44. The van der Waals surface area contributed by atoms with Crippen molar-refractivity contribution in [1.29, 1.82) is 0 Å². The number of carbonyl (C=O) groups is 1. The van der Waals surface area contributed by atoms with Gasteiger partial charge >= 0.3 is 0 Å². The summed E-state index contributed by atoms with van der Waals surface area (Å²) in [7, 11) is -3.83. The smallest absolute Gasteiger partial charge is 0.265 e. The van der Waals surface area contributed by atoms with Gasteiger partial charge in [0.25, 0.3) is 10.0 Å². The van der Waals surface area contributed by atoms with Gasteiger partial charge in [-0.2, -0.15) is 0 Å². The van der Waals surface area contributed by atoms with Crippen molar-refractivity contribution in [2.75, 3.05) is 10.8 Å². The van der Waals surface area contributed by atoms with E-state index >= 15 is 0 Å². The number of aryl methyl sites for hydroxylation is 1. The highest BCUT2D eigenvalue weighted by Crippen LogP contribution is 2.26. The van der Waals surface area contributed by atoms with Crippen LogP contribution in [0.4, 0.5) is 5.69 Å². The molecule has 0 aliphatic rings. The SMILES string of the molecule is C#CCN(c1ccccc1C=O)S(=O)(=O)c1ccc(C)cc1. The maximum absolute atomic E-state index is 12.8. The third-order valence-electron chi connectivity index (χ3n) is 3.18. The monoisotopic (exact) mass is 313 g/mol. The van der Waals surface area contributed by atoms with Crippen LogP contribution in [0, 0.1) is 19.3 Å². The maximum atomic E-state index is 12.8. The van der Waals surface area contributed by atoms with Gasteiger partial charge in [0.1, 0.15) is 0 Å². The van der Waals surface area contributed by atoms with Crippen LogP contribution in [-0.4, -0.2) is 21.2 Å². The molecule has 0 spiro atoms. The van der Waals surface area contributed by atoms with Crippen molar-refractivity contribution in [3.05, 3.63) is 59.7 Å². The van der Waals surface area contributed by atoms with Gasteiger partial charge in [0, 0.05) is 5.56 Å². The van der Waals surface area contributed by atoms with Gasteiger partial charge in [0.15, 0.2) is 6.29 Å². The summed E-state index contributed by atoms with van der Waals surface area (Å²) in [5, 5.41) is 0. The van der Waals surface area contributed by atoms with E-state index in [0.717, 1.165) is 9.87 Å². The molecule has 2 rings (SSSR count). The van der Waals surface area contributed by atoms with E-state index in [9.17, 15) is 13.2 Å². The molecule has 0 saturated carbocycles. The van der Waals surface area contributed by atoms with Gasteiger partial charge in [-0.05, 0) is 31.2 Å². The summed E-state index contributed by atoms with van der Waals surface area (Å²) in [6.07, 6.45) is 5.93.